The van der Waals surface area contributed by atoms with Crippen molar-refractivity contribution in [3.8, 4) is 11.3 Å². The number of nitrogens with zero attached hydrogens (tertiary/aromatic N) is 1. The number of aromatic nitrogens is 1. The number of hydrogen-bond acceptors (Lipinski definition) is 3. The van der Waals surface area contributed by atoms with Gasteiger partial charge in [-0.1, -0.05) is 47.6 Å². The van der Waals surface area contributed by atoms with Crippen LogP contribution in [0.15, 0.2) is 71.3 Å². The van der Waals surface area contributed by atoms with E-state index in [1.54, 1.807) is 30.3 Å². The number of hydrogen-bond donors (Lipinski definition) is 1. The van der Waals surface area contributed by atoms with E-state index in [4.69, 9.17) is 4.52 Å². The van der Waals surface area contributed by atoms with Crippen LogP contribution >= 0.6 is 0 Å². The van der Waals surface area contributed by atoms with Crippen LogP contribution in [0, 0.1) is 5.82 Å². The van der Waals surface area contributed by atoms with Gasteiger partial charge in [0.25, 0.3) is 0 Å². The third kappa shape index (κ3) is 3.95. The van der Waals surface area contributed by atoms with Gasteiger partial charge in [0.2, 0.25) is 5.91 Å². The highest BCUT2D eigenvalue weighted by molar-refractivity contribution is 5.91. The molecule has 0 atom stereocenters. The molecule has 3 aromatic rings. The summed E-state index contributed by atoms with van der Waals surface area (Å²) in [5, 5.41) is 6.55. The number of nitrogens with one attached hydrogen (secondary N) is 1. The molecule has 0 aliphatic rings. The van der Waals surface area contributed by atoms with Gasteiger partial charge >= 0.3 is 0 Å². The Morgan fingerprint density at radius 3 is 2.67 bits per heavy atom. The molecule has 0 radical (unpaired) electrons. The molecule has 0 spiro atoms. The number of halogens is 1. The van der Waals surface area contributed by atoms with Crippen LogP contribution in [0.2, 0.25) is 0 Å². The zero-order valence-corrected chi connectivity index (χ0v) is 12.8. The van der Waals surface area contributed by atoms with Gasteiger partial charge in [-0.2, -0.15) is 0 Å². The lowest BCUT2D eigenvalue weighted by Gasteiger charge is -1.98. The zero-order valence-electron chi connectivity index (χ0n) is 12.8. The quantitative estimate of drug-likeness (QED) is 0.727. The number of carbonyl (C=O) groups is 1. The molecule has 3 rings (SSSR count). The van der Waals surface area contributed by atoms with Crippen molar-refractivity contribution in [3.05, 3.63) is 83.8 Å². The molecule has 1 heterocycles. The largest absolute Gasteiger partial charge is 0.356 e. The van der Waals surface area contributed by atoms with Gasteiger partial charge in [0.05, 0.1) is 12.1 Å². The normalized spacial score (nSPS) is 10.9. The van der Waals surface area contributed by atoms with Gasteiger partial charge in [-0.15, -0.1) is 0 Å². The second-order valence-electron chi connectivity index (χ2n) is 5.12. The van der Waals surface area contributed by atoms with Crippen LogP contribution in [0.1, 0.15) is 11.3 Å². The van der Waals surface area contributed by atoms with E-state index in [2.05, 4.69) is 10.5 Å². The van der Waals surface area contributed by atoms with E-state index in [0.29, 0.717) is 17.0 Å². The van der Waals surface area contributed by atoms with Crippen molar-refractivity contribution >= 4 is 12.0 Å². The first-order chi connectivity index (χ1) is 11.7. The molecule has 4 nitrogen and oxygen atoms in total. The molecule has 0 fully saturated rings. The van der Waals surface area contributed by atoms with E-state index >= 15 is 0 Å². The first-order valence-electron chi connectivity index (χ1n) is 7.44. The highest BCUT2D eigenvalue weighted by Crippen LogP contribution is 2.23. The molecular formula is C19H15FN2O2. The van der Waals surface area contributed by atoms with Crippen LogP contribution in [0.4, 0.5) is 4.39 Å². The van der Waals surface area contributed by atoms with E-state index in [0.717, 1.165) is 5.56 Å². The summed E-state index contributed by atoms with van der Waals surface area (Å²) < 4.78 is 18.8. The molecule has 2 aromatic carbocycles. The summed E-state index contributed by atoms with van der Waals surface area (Å²) >= 11 is 0. The number of carbonyl (C=O) groups excluding carboxylic acids is 1. The van der Waals surface area contributed by atoms with Crippen molar-refractivity contribution in [3.63, 3.8) is 0 Å². The monoisotopic (exact) mass is 322 g/mol. The fourth-order valence-corrected chi connectivity index (χ4v) is 2.16. The maximum absolute atomic E-state index is 13.7. The Balaban J connectivity index is 1.59. The van der Waals surface area contributed by atoms with E-state index in [9.17, 15) is 9.18 Å². The zero-order chi connectivity index (χ0) is 16.8. The average Bonchev–Trinajstić information content (AvgIpc) is 3.08. The minimum atomic E-state index is -0.380. The Labute approximate surface area is 138 Å². The molecule has 0 saturated carbocycles. The van der Waals surface area contributed by atoms with Crippen LogP contribution in [-0.4, -0.2) is 11.1 Å². The molecule has 0 bridgehead atoms. The third-order valence-electron chi connectivity index (χ3n) is 3.37. The number of benzene rings is 2. The summed E-state index contributed by atoms with van der Waals surface area (Å²) in [6.45, 7) is 0.204. The summed E-state index contributed by atoms with van der Waals surface area (Å²) in [4.78, 5) is 11.8. The minimum Gasteiger partial charge on any atom is -0.356 e. The Morgan fingerprint density at radius 2 is 1.88 bits per heavy atom. The third-order valence-corrected chi connectivity index (χ3v) is 3.37. The van der Waals surface area contributed by atoms with Crippen LogP contribution in [-0.2, 0) is 11.3 Å². The molecule has 24 heavy (non-hydrogen) atoms. The fraction of sp³-hybridized carbons (Fsp3) is 0.0526. The number of rotatable bonds is 5. The second-order valence-corrected chi connectivity index (χ2v) is 5.12. The predicted molar refractivity (Wildman–Crippen MR) is 89.2 cm³/mol. The van der Waals surface area contributed by atoms with Crippen molar-refractivity contribution < 1.29 is 13.7 Å². The highest BCUT2D eigenvalue weighted by atomic mass is 19.1. The van der Waals surface area contributed by atoms with Gasteiger partial charge in [0.15, 0.2) is 5.76 Å². The second kappa shape index (κ2) is 7.37. The van der Waals surface area contributed by atoms with Crippen LogP contribution < -0.4 is 5.32 Å². The standard InChI is InChI=1S/C19H15FN2O2/c20-17-9-5-4-8-16(17)18-12-15(22-24-18)13-21-19(23)11-10-14-6-2-1-3-7-14/h1-12H,13H2,(H,21,23)/b11-10-. The maximum Gasteiger partial charge on any atom is 0.244 e. The summed E-state index contributed by atoms with van der Waals surface area (Å²) in [6.07, 6.45) is 3.18. The molecule has 0 unspecified atom stereocenters. The lowest BCUT2D eigenvalue weighted by Crippen LogP contribution is -2.20. The first-order valence-corrected chi connectivity index (χ1v) is 7.44. The summed E-state index contributed by atoms with van der Waals surface area (Å²) in [5.74, 6) is -0.290. The predicted octanol–water partition coefficient (Wildman–Crippen LogP) is 3.81. The van der Waals surface area contributed by atoms with Gasteiger partial charge in [-0.3, -0.25) is 4.79 Å². The molecule has 5 heteroatoms. The smallest absolute Gasteiger partial charge is 0.244 e. The van der Waals surface area contributed by atoms with E-state index < -0.39 is 0 Å². The summed E-state index contributed by atoms with van der Waals surface area (Å²) in [6, 6.07) is 17.4. The van der Waals surface area contributed by atoms with Crippen molar-refractivity contribution in [1.29, 1.82) is 0 Å². The topological polar surface area (TPSA) is 55.1 Å². The number of amides is 1. The Hall–Kier alpha value is -3.21. The van der Waals surface area contributed by atoms with Crippen molar-refractivity contribution in [2.45, 2.75) is 6.54 Å². The van der Waals surface area contributed by atoms with Crippen LogP contribution in [0.25, 0.3) is 17.4 Å². The maximum atomic E-state index is 13.7. The molecule has 120 valence electrons. The molecule has 1 N–H and O–H groups in total. The van der Waals surface area contributed by atoms with Crippen LogP contribution in [0.5, 0.6) is 0 Å². The molecule has 0 aliphatic carbocycles. The molecule has 0 aliphatic heterocycles. The first kappa shape index (κ1) is 15.7. The average molecular weight is 322 g/mol. The summed E-state index contributed by atoms with van der Waals surface area (Å²) in [5.41, 5.74) is 1.80. The van der Waals surface area contributed by atoms with Gasteiger partial charge in [0.1, 0.15) is 11.5 Å². The molecule has 1 amide bonds. The fourth-order valence-electron chi connectivity index (χ4n) is 2.16. The minimum absolute atomic E-state index is 0.204. The summed E-state index contributed by atoms with van der Waals surface area (Å²) in [7, 11) is 0. The van der Waals surface area contributed by atoms with Gasteiger partial charge in [-0.25, -0.2) is 4.39 Å². The SMILES string of the molecule is O=C(/C=C\c1ccccc1)NCc1cc(-c2ccccc2F)on1. The van der Waals surface area contributed by atoms with Crippen molar-refractivity contribution in [2.24, 2.45) is 0 Å². The Kier molecular flexibility index (Phi) is 4.81. The molecule has 1 aromatic heterocycles. The Bertz CT molecular complexity index is 857. The highest BCUT2D eigenvalue weighted by Gasteiger charge is 2.10. The van der Waals surface area contributed by atoms with E-state index in [1.807, 2.05) is 30.3 Å². The van der Waals surface area contributed by atoms with Gasteiger partial charge < -0.3 is 9.84 Å². The van der Waals surface area contributed by atoms with E-state index in [-0.39, 0.29) is 18.3 Å². The van der Waals surface area contributed by atoms with Crippen molar-refractivity contribution in [2.75, 3.05) is 0 Å². The lowest BCUT2D eigenvalue weighted by atomic mass is 10.1. The lowest BCUT2D eigenvalue weighted by molar-refractivity contribution is -0.116. The molecular weight excluding hydrogens is 307 g/mol. The van der Waals surface area contributed by atoms with Gasteiger partial charge in [0, 0.05) is 12.1 Å². The van der Waals surface area contributed by atoms with Crippen molar-refractivity contribution in [1.82, 2.24) is 10.5 Å². The van der Waals surface area contributed by atoms with Gasteiger partial charge in [-0.05, 0) is 23.8 Å². The van der Waals surface area contributed by atoms with Crippen LogP contribution in [0.3, 0.4) is 0 Å². The van der Waals surface area contributed by atoms with E-state index in [1.165, 1.54) is 12.1 Å². The molecule has 0 saturated heterocycles. The Morgan fingerprint density at radius 1 is 1.12 bits per heavy atom.